The lowest BCUT2D eigenvalue weighted by Gasteiger charge is -2.42. The van der Waals surface area contributed by atoms with Crippen LogP contribution in [0.25, 0.3) is 0 Å². The molecule has 0 unspecified atom stereocenters. The van der Waals surface area contributed by atoms with Gasteiger partial charge in [-0.2, -0.15) is 0 Å². The van der Waals surface area contributed by atoms with Gasteiger partial charge in [-0.25, -0.2) is 0 Å². The van der Waals surface area contributed by atoms with Crippen molar-refractivity contribution < 1.29 is 0 Å². The Kier molecular flexibility index (Phi) is 3.91. The number of likely N-dealkylation sites (N-methyl/N-ethyl adjacent to an activating group) is 1. The van der Waals surface area contributed by atoms with Crippen molar-refractivity contribution in [2.45, 2.75) is 59.4 Å². The van der Waals surface area contributed by atoms with E-state index in [4.69, 9.17) is 0 Å². The van der Waals surface area contributed by atoms with Crippen LogP contribution in [0.15, 0.2) is 24.3 Å². The van der Waals surface area contributed by atoms with E-state index in [1.165, 1.54) is 11.3 Å². The van der Waals surface area contributed by atoms with Gasteiger partial charge < -0.3 is 4.90 Å². The van der Waals surface area contributed by atoms with E-state index in [1.54, 1.807) is 0 Å². The number of benzene rings is 1. The lowest BCUT2D eigenvalue weighted by molar-refractivity contribution is 0.314. The van der Waals surface area contributed by atoms with Gasteiger partial charge in [0.2, 0.25) is 0 Å². The van der Waals surface area contributed by atoms with Crippen LogP contribution in [0.2, 0.25) is 0 Å². The molecule has 1 heteroatoms. The van der Waals surface area contributed by atoms with Crippen molar-refractivity contribution in [2.24, 2.45) is 0 Å². The highest BCUT2D eigenvalue weighted by atomic mass is 15.2. The molecule has 0 spiro atoms. The van der Waals surface area contributed by atoms with E-state index in [1.807, 2.05) is 13.8 Å². The summed E-state index contributed by atoms with van der Waals surface area (Å²) in [5, 5.41) is 0. The molecule has 1 aliphatic heterocycles. The van der Waals surface area contributed by atoms with E-state index in [9.17, 15) is 0 Å². The van der Waals surface area contributed by atoms with E-state index in [-0.39, 0.29) is 11.0 Å². The SMILES string of the molecule is CC.CCN1c2ccccc2C(C)(C)C1(C)C. The molecule has 0 N–H and O–H groups in total. The minimum atomic E-state index is 0.200. The molecule has 0 amide bonds. The van der Waals surface area contributed by atoms with Gasteiger partial charge >= 0.3 is 0 Å². The Labute approximate surface area is 107 Å². The predicted octanol–water partition coefficient (Wildman–Crippen LogP) is 4.61. The van der Waals surface area contributed by atoms with Crippen LogP contribution in [0.1, 0.15) is 54.0 Å². The summed E-state index contributed by atoms with van der Waals surface area (Å²) in [7, 11) is 0. The van der Waals surface area contributed by atoms with Crippen LogP contribution in [0, 0.1) is 0 Å². The fraction of sp³-hybridized carbons (Fsp3) is 0.625. The Balaban J connectivity index is 0.000000686. The number of anilines is 1. The maximum Gasteiger partial charge on any atom is 0.0437 e. The lowest BCUT2D eigenvalue weighted by Crippen LogP contribution is -2.50. The molecule has 1 aromatic carbocycles. The Morgan fingerprint density at radius 3 is 2.06 bits per heavy atom. The van der Waals surface area contributed by atoms with Gasteiger partial charge in [0.15, 0.2) is 0 Å². The van der Waals surface area contributed by atoms with E-state index < -0.39 is 0 Å². The first kappa shape index (κ1) is 14.1. The number of hydrogen-bond acceptors (Lipinski definition) is 1. The number of fused-ring (bicyclic) bond motifs is 1. The molecule has 0 fully saturated rings. The van der Waals surface area contributed by atoms with Crippen molar-refractivity contribution in [3.05, 3.63) is 29.8 Å². The zero-order valence-electron chi connectivity index (χ0n) is 12.5. The Hall–Kier alpha value is -0.980. The minimum absolute atomic E-state index is 0.200. The van der Waals surface area contributed by atoms with Crippen LogP contribution >= 0.6 is 0 Å². The molecule has 0 saturated carbocycles. The highest BCUT2D eigenvalue weighted by molar-refractivity contribution is 5.65. The van der Waals surface area contributed by atoms with Crippen molar-refractivity contribution in [3.63, 3.8) is 0 Å². The third kappa shape index (κ3) is 1.86. The summed E-state index contributed by atoms with van der Waals surface area (Å²) in [5.41, 5.74) is 3.32. The monoisotopic (exact) mass is 233 g/mol. The molecule has 1 nitrogen and oxygen atoms in total. The zero-order valence-corrected chi connectivity index (χ0v) is 12.5. The summed E-state index contributed by atoms with van der Waals surface area (Å²) >= 11 is 0. The lowest BCUT2D eigenvalue weighted by atomic mass is 9.72. The molecular formula is C16H27N. The average Bonchev–Trinajstić information content (AvgIpc) is 2.47. The fourth-order valence-electron chi connectivity index (χ4n) is 2.77. The molecule has 0 saturated heterocycles. The summed E-state index contributed by atoms with van der Waals surface area (Å²) in [6.45, 7) is 16.7. The topological polar surface area (TPSA) is 3.24 Å². The maximum atomic E-state index is 2.52. The van der Waals surface area contributed by atoms with Crippen molar-refractivity contribution in [2.75, 3.05) is 11.4 Å². The summed E-state index contributed by atoms with van der Waals surface area (Å²) in [6.07, 6.45) is 0. The maximum absolute atomic E-state index is 2.52. The largest absolute Gasteiger partial charge is 0.366 e. The number of nitrogens with zero attached hydrogens (tertiary/aromatic N) is 1. The van der Waals surface area contributed by atoms with E-state index in [0.29, 0.717) is 0 Å². The van der Waals surface area contributed by atoms with Crippen LogP contribution in [0.4, 0.5) is 5.69 Å². The minimum Gasteiger partial charge on any atom is -0.366 e. The van der Waals surface area contributed by atoms with Gasteiger partial charge in [0.05, 0.1) is 0 Å². The molecule has 96 valence electrons. The molecule has 1 aromatic rings. The average molecular weight is 233 g/mol. The van der Waals surface area contributed by atoms with Crippen LogP contribution in [0.5, 0.6) is 0 Å². The summed E-state index contributed by atoms with van der Waals surface area (Å²) in [4.78, 5) is 2.52. The van der Waals surface area contributed by atoms with Crippen molar-refractivity contribution in [1.82, 2.24) is 0 Å². The highest BCUT2D eigenvalue weighted by Gasteiger charge is 2.49. The van der Waals surface area contributed by atoms with Crippen molar-refractivity contribution in [1.29, 1.82) is 0 Å². The number of rotatable bonds is 1. The van der Waals surface area contributed by atoms with Gasteiger partial charge in [-0.15, -0.1) is 0 Å². The van der Waals surface area contributed by atoms with Crippen molar-refractivity contribution >= 4 is 5.69 Å². The molecule has 0 aliphatic carbocycles. The molecule has 0 aromatic heterocycles. The fourth-order valence-corrected chi connectivity index (χ4v) is 2.77. The summed E-state index contributed by atoms with van der Waals surface area (Å²) in [6, 6.07) is 8.80. The molecule has 1 heterocycles. The molecule has 17 heavy (non-hydrogen) atoms. The third-order valence-corrected chi connectivity index (χ3v) is 4.39. The zero-order chi connectivity index (χ0) is 13.3. The second-order valence-electron chi connectivity index (χ2n) is 5.45. The molecule has 1 aliphatic rings. The van der Waals surface area contributed by atoms with Gasteiger partial charge in [0.1, 0.15) is 0 Å². The van der Waals surface area contributed by atoms with Gasteiger partial charge in [-0.3, -0.25) is 0 Å². The van der Waals surface area contributed by atoms with Crippen LogP contribution < -0.4 is 4.90 Å². The molecular weight excluding hydrogens is 206 g/mol. The van der Waals surface area contributed by atoms with Crippen LogP contribution in [0.3, 0.4) is 0 Å². The summed E-state index contributed by atoms with van der Waals surface area (Å²) < 4.78 is 0. The Bertz CT molecular complexity index is 377. The smallest absolute Gasteiger partial charge is 0.0437 e. The van der Waals surface area contributed by atoms with Gasteiger partial charge in [-0.05, 0) is 32.4 Å². The van der Waals surface area contributed by atoms with E-state index in [2.05, 4.69) is 63.8 Å². The number of hydrogen-bond donors (Lipinski definition) is 0. The van der Waals surface area contributed by atoms with E-state index >= 15 is 0 Å². The highest BCUT2D eigenvalue weighted by Crippen LogP contribution is 2.50. The first-order chi connectivity index (χ1) is 7.93. The van der Waals surface area contributed by atoms with Crippen molar-refractivity contribution in [3.8, 4) is 0 Å². The normalized spacial score (nSPS) is 19.4. The van der Waals surface area contributed by atoms with Gasteiger partial charge in [-0.1, -0.05) is 45.9 Å². The molecule has 0 radical (unpaired) electrons. The Morgan fingerprint density at radius 1 is 1.00 bits per heavy atom. The first-order valence-corrected chi connectivity index (χ1v) is 6.80. The molecule has 0 atom stereocenters. The molecule has 0 bridgehead atoms. The van der Waals surface area contributed by atoms with E-state index in [0.717, 1.165) is 6.54 Å². The first-order valence-electron chi connectivity index (χ1n) is 6.80. The second kappa shape index (κ2) is 4.72. The second-order valence-corrected chi connectivity index (χ2v) is 5.45. The Morgan fingerprint density at radius 2 is 1.53 bits per heavy atom. The van der Waals surface area contributed by atoms with Crippen LogP contribution in [-0.4, -0.2) is 12.1 Å². The third-order valence-electron chi connectivity index (χ3n) is 4.39. The number of para-hydroxylation sites is 1. The van der Waals surface area contributed by atoms with Gasteiger partial charge in [0, 0.05) is 23.2 Å². The summed E-state index contributed by atoms with van der Waals surface area (Å²) in [5.74, 6) is 0. The quantitative estimate of drug-likeness (QED) is 0.684. The molecule has 2 rings (SSSR count). The predicted molar refractivity (Wildman–Crippen MR) is 77.9 cm³/mol. The standard InChI is InChI=1S/C14H21N.C2H6/c1-6-15-12-10-8-7-9-11(12)13(2,3)14(15,4)5;1-2/h7-10H,6H2,1-5H3;1-2H3. The van der Waals surface area contributed by atoms with Gasteiger partial charge in [0.25, 0.3) is 0 Å². The van der Waals surface area contributed by atoms with Crippen LogP contribution in [-0.2, 0) is 5.41 Å².